The Balaban J connectivity index is 1.39. The normalized spacial score (nSPS) is 24.6. The summed E-state index contributed by atoms with van der Waals surface area (Å²) in [5.41, 5.74) is -0.249. The van der Waals surface area contributed by atoms with Crippen molar-refractivity contribution in [2.45, 2.75) is 44.1 Å². The van der Waals surface area contributed by atoms with Crippen LogP contribution in [0.2, 0.25) is 0 Å². The number of hydrogen-bond donors (Lipinski definition) is 1. The molecule has 1 aromatic heterocycles. The van der Waals surface area contributed by atoms with E-state index in [0.717, 1.165) is 10.8 Å². The fourth-order valence-corrected chi connectivity index (χ4v) is 4.72. The van der Waals surface area contributed by atoms with Crippen LogP contribution in [-0.4, -0.2) is 52.6 Å². The van der Waals surface area contributed by atoms with Gasteiger partial charge in [-0.3, -0.25) is 14.6 Å². The summed E-state index contributed by atoms with van der Waals surface area (Å²) in [6.45, 7) is 2.24. The zero-order chi connectivity index (χ0) is 26.9. The van der Waals surface area contributed by atoms with E-state index in [9.17, 15) is 18.8 Å². The van der Waals surface area contributed by atoms with Crippen LogP contribution in [0.3, 0.4) is 0 Å². The van der Waals surface area contributed by atoms with Crippen LogP contribution in [0, 0.1) is 5.92 Å². The van der Waals surface area contributed by atoms with Crippen molar-refractivity contribution in [2.75, 3.05) is 6.67 Å². The van der Waals surface area contributed by atoms with E-state index in [-0.39, 0.29) is 24.3 Å². The molecule has 3 aromatic rings. The first kappa shape index (κ1) is 25.3. The van der Waals surface area contributed by atoms with Gasteiger partial charge in [-0.2, -0.15) is 0 Å². The van der Waals surface area contributed by atoms with E-state index in [1.807, 2.05) is 30.3 Å². The number of nitrogens with one attached hydrogen (secondary N) is 1. The highest BCUT2D eigenvalue weighted by Crippen LogP contribution is 2.37. The molecular formula is C28H26FN3O6. The SMILES string of the molecule is CC(C)C1(C(=O)NC2CC(=O)OC2(CF)OC(=O)c2ccccc2)CC(c2nccc3ccccc23)=NO1. The predicted octanol–water partition coefficient (Wildman–Crippen LogP) is 3.71. The number of pyridine rings is 1. The molecule has 3 atom stereocenters. The summed E-state index contributed by atoms with van der Waals surface area (Å²) in [4.78, 5) is 48.9. The number of rotatable bonds is 7. The molecule has 1 amide bonds. The van der Waals surface area contributed by atoms with Gasteiger partial charge in [-0.25, -0.2) is 9.18 Å². The summed E-state index contributed by atoms with van der Waals surface area (Å²) >= 11 is 0. The van der Waals surface area contributed by atoms with Crippen molar-refractivity contribution in [1.29, 1.82) is 0 Å². The fraction of sp³-hybridized carbons (Fsp3) is 0.321. The van der Waals surface area contributed by atoms with E-state index in [2.05, 4.69) is 15.5 Å². The monoisotopic (exact) mass is 519 g/mol. The van der Waals surface area contributed by atoms with E-state index in [0.29, 0.717) is 11.4 Å². The standard InChI is InChI=1S/C28H26FN3O6/c1-17(2)27(15-21(32-38-27)24-20-11-7-6-8-18(20)12-13-30-24)26(35)31-22-14-23(33)36-28(22,16-29)37-25(34)19-9-4-3-5-10-19/h3-13,17,22H,14-16H2,1-2H3,(H,31,35). The molecule has 1 fully saturated rings. The number of hydrogen-bond acceptors (Lipinski definition) is 8. The number of fused-ring (bicyclic) bond motifs is 1. The lowest BCUT2D eigenvalue weighted by Gasteiger charge is -2.34. The molecule has 0 radical (unpaired) electrons. The zero-order valence-corrected chi connectivity index (χ0v) is 20.8. The molecule has 10 heteroatoms. The van der Waals surface area contributed by atoms with Gasteiger partial charge in [0.25, 0.3) is 5.91 Å². The number of benzene rings is 2. The van der Waals surface area contributed by atoms with Gasteiger partial charge in [-0.05, 0) is 23.6 Å². The van der Waals surface area contributed by atoms with Crippen molar-refractivity contribution in [2.24, 2.45) is 11.1 Å². The molecular weight excluding hydrogens is 493 g/mol. The molecule has 38 heavy (non-hydrogen) atoms. The highest BCUT2D eigenvalue weighted by atomic mass is 19.1. The molecule has 196 valence electrons. The minimum absolute atomic E-state index is 0.0887. The molecule has 3 heterocycles. The molecule has 3 unspecified atom stereocenters. The number of carbonyl (C=O) groups excluding carboxylic acids is 3. The summed E-state index contributed by atoms with van der Waals surface area (Å²) in [5, 5.41) is 8.70. The number of alkyl halides is 1. The van der Waals surface area contributed by atoms with Gasteiger partial charge < -0.3 is 19.6 Å². The largest absolute Gasteiger partial charge is 0.417 e. The Labute approximate surface area is 218 Å². The van der Waals surface area contributed by atoms with Gasteiger partial charge in [-0.1, -0.05) is 61.5 Å². The highest BCUT2D eigenvalue weighted by Gasteiger charge is 2.57. The van der Waals surface area contributed by atoms with Gasteiger partial charge in [0.15, 0.2) is 6.67 Å². The second-order valence-corrected chi connectivity index (χ2v) is 9.64. The van der Waals surface area contributed by atoms with E-state index in [1.54, 1.807) is 38.2 Å². The average Bonchev–Trinajstić information content (AvgIpc) is 3.51. The average molecular weight is 520 g/mol. The van der Waals surface area contributed by atoms with Gasteiger partial charge >= 0.3 is 17.7 Å². The lowest BCUT2D eigenvalue weighted by atomic mass is 9.83. The number of aromatic nitrogens is 1. The number of halogens is 1. The Morgan fingerprint density at radius 3 is 2.61 bits per heavy atom. The Morgan fingerprint density at radius 1 is 1.13 bits per heavy atom. The topological polar surface area (TPSA) is 116 Å². The molecule has 0 saturated carbocycles. The van der Waals surface area contributed by atoms with Gasteiger partial charge in [0.05, 0.1) is 17.7 Å². The number of cyclic esters (lactones) is 1. The van der Waals surface area contributed by atoms with Crippen LogP contribution in [0.1, 0.15) is 42.7 Å². The maximum atomic E-state index is 14.4. The van der Waals surface area contributed by atoms with Crippen LogP contribution in [0.5, 0.6) is 0 Å². The molecule has 5 rings (SSSR count). The lowest BCUT2D eigenvalue weighted by Crippen LogP contribution is -2.60. The van der Waals surface area contributed by atoms with Crippen molar-refractivity contribution in [3.05, 3.63) is 78.1 Å². The number of amides is 1. The Hall–Kier alpha value is -4.34. The number of ether oxygens (including phenoxy) is 2. The predicted molar refractivity (Wildman–Crippen MR) is 135 cm³/mol. The quantitative estimate of drug-likeness (QED) is 0.473. The second-order valence-electron chi connectivity index (χ2n) is 9.64. The first-order valence-corrected chi connectivity index (χ1v) is 12.2. The highest BCUT2D eigenvalue weighted by molar-refractivity contribution is 6.12. The zero-order valence-electron chi connectivity index (χ0n) is 20.8. The maximum Gasteiger partial charge on any atom is 0.341 e. The molecule has 0 aliphatic carbocycles. The third-order valence-corrected chi connectivity index (χ3v) is 6.97. The van der Waals surface area contributed by atoms with Crippen LogP contribution < -0.4 is 5.32 Å². The number of oxime groups is 1. The van der Waals surface area contributed by atoms with E-state index < -0.39 is 42.0 Å². The smallest absolute Gasteiger partial charge is 0.341 e. The Morgan fingerprint density at radius 2 is 1.87 bits per heavy atom. The van der Waals surface area contributed by atoms with E-state index in [4.69, 9.17) is 14.3 Å². The van der Waals surface area contributed by atoms with Gasteiger partial charge in [0.1, 0.15) is 11.8 Å². The van der Waals surface area contributed by atoms with E-state index >= 15 is 0 Å². The Kier molecular flexibility index (Phi) is 6.56. The van der Waals surface area contributed by atoms with Crippen molar-refractivity contribution < 1.29 is 33.1 Å². The van der Waals surface area contributed by atoms with Crippen molar-refractivity contribution >= 4 is 34.3 Å². The van der Waals surface area contributed by atoms with Gasteiger partial charge in [-0.15, -0.1) is 0 Å². The Bertz CT molecular complexity index is 1420. The molecule has 1 saturated heterocycles. The summed E-state index contributed by atoms with van der Waals surface area (Å²) < 4.78 is 24.9. The van der Waals surface area contributed by atoms with Crippen LogP contribution in [0.25, 0.3) is 10.8 Å². The first-order chi connectivity index (χ1) is 18.3. The van der Waals surface area contributed by atoms with Crippen LogP contribution >= 0.6 is 0 Å². The third kappa shape index (κ3) is 4.36. The minimum atomic E-state index is -2.31. The van der Waals surface area contributed by atoms with Crippen molar-refractivity contribution in [3.8, 4) is 0 Å². The molecule has 1 N–H and O–H groups in total. The molecule has 2 aliphatic rings. The molecule has 0 spiro atoms. The maximum absolute atomic E-state index is 14.4. The number of esters is 2. The van der Waals surface area contributed by atoms with Gasteiger partial charge in [0.2, 0.25) is 5.60 Å². The van der Waals surface area contributed by atoms with E-state index in [1.165, 1.54) is 12.1 Å². The fourth-order valence-electron chi connectivity index (χ4n) is 4.72. The van der Waals surface area contributed by atoms with Crippen LogP contribution in [0.4, 0.5) is 4.39 Å². The molecule has 2 aromatic carbocycles. The summed E-state index contributed by atoms with van der Waals surface area (Å²) in [6, 6.07) is 16.2. The molecule has 9 nitrogen and oxygen atoms in total. The molecule has 2 aliphatic heterocycles. The third-order valence-electron chi connectivity index (χ3n) is 6.97. The van der Waals surface area contributed by atoms with Crippen molar-refractivity contribution in [3.63, 3.8) is 0 Å². The van der Waals surface area contributed by atoms with Crippen LogP contribution in [0.15, 0.2) is 72.0 Å². The molecule has 0 bridgehead atoms. The summed E-state index contributed by atoms with van der Waals surface area (Å²) in [6.07, 6.45) is 1.36. The first-order valence-electron chi connectivity index (χ1n) is 12.2. The summed E-state index contributed by atoms with van der Waals surface area (Å²) in [5.74, 6) is -5.01. The van der Waals surface area contributed by atoms with Crippen LogP contribution in [-0.2, 0) is 23.9 Å². The summed E-state index contributed by atoms with van der Waals surface area (Å²) in [7, 11) is 0. The lowest BCUT2D eigenvalue weighted by molar-refractivity contribution is -0.203. The second kappa shape index (κ2) is 9.85. The number of carbonyl (C=O) groups is 3. The minimum Gasteiger partial charge on any atom is -0.417 e. The van der Waals surface area contributed by atoms with Crippen molar-refractivity contribution in [1.82, 2.24) is 10.3 Å². The number of nitrogens with zero attached hydrogens (tertiary/aromatic N) is 2. The van der Waals surface area contributed by atoms with Gasteiger partial charge in [0, 0.05) is 23.9 Å².